The lowest BCUT2D eigenvalue weighted by molar-refractivity contribution is -0.142. The van der Waals surface area contributed by atoms with Gasteiger partial charge in [-0.25, -0.2) is 15.0 Å². The molecule has 2 saturated heterocycles. The predicted octanol–water partition coefficient (Wildman–Crippen LogP) is 3.59. The highest BCUT2D eigenvalue weighted by Crippen LogP contribution is 2.35. The van der Waals surface area contributed by atoms with Crippen molar-refractivity contribution in [1.82, 2.24) is 34.2 Å². The van der Waals surface area contributed by atoms with Crippen LogP contribution in [0.15, 0.2) is 52.7 Å². The number of hydrogen-bond donors (Lipinski definition) is 1. The molecule has 1 unspecified atom stereocenters. The number of aromatic nitrogens is 6. The first-order chi connectivity index (χ1) is 24.7. The number of piperazine rings is 1. The predicted molar refractivity (Wildman–Crippen MR) is 194 cm³/mol. The van der Waals surface area contributed by atoms with E-state index in [0.29, 0.717) is 33.2 Å². The third-order valence-corrected chi connectivity index (χ3v) is 11.3. The van der Waals surface area contributed by atoms with E-state index in [1.165, 1.54) is 38.0 Å². The number of anilines is 3. The molecule has 2 fully saturated rings. The van der Waals surface area contributed by atoms with E-state index in [1.54, 1.807) is 50.2 Å². The molecule has 0 radical (unpaired) electrons. The Bertz CT molecular complexity index is 2250. The standard InChI is InChI=1S/C36H39N9O5S/c1-21-16-43(24-18-49-19-24)10-11-44(21)32-15-38-31(14-39-32)41-29-12-23(17-42(3)35(29)47)25-8-9-37-34(28(25)20-50-22(2)46)45-36(48)33-27(13-40-45)26-6-4-5-7-30(26)51-33/h8-9,12-15,17,21,24H,4-7,10-11,16,18-20H2,1-3H3,(H,38,41). The van der Waals surface area contributed by atoms with Gasteiger partial charge in [-0.15, -0.1) is 11.3 Å². The largest absolute Gasteiger partial charge is 0.461 e. The van der Waals surface area contributed by atoms with Crippen LogP contribution >= 0.6 is 11.3 Å². The van der Waals surface area contributed by atoms with Gasteiger partial charge in [0.1, 0.15) is 28.6 Å². The minimum atomic E-state index is -0.480. The maximum Gasteiger partial charge on any atom is 0.302 e. The number of carbonyl (C=O) groups excluding carboxylic acids is 1. The molecule has 5 aromatic heterocycles. The van der Waals surface area contributed by atoms with Gasteiger partial charge in [-0.2, -0.15) is 9.78 Å². The van der Waals surface area contributed by atoms with Gasteiger partial charge in [0.25, 0.3) is 11.1 Å². The second-order valence-electron chi connectivity index (χ2n) is 13.4. The van der Waals surface area contributed by atoms with Gasteiger partial charge >= 0.3 is 5.97 Å². The lowest BCUT2D eigenvalue weighted by atomic mass is 9.97. The maximum atomic E-state index is 13.9. The molecule has 1 atom stereocenters. The lowest BCUT2D eigenvalue weighted by Crippen LogP contribution is -2.59. The highest BCUT2D eigenvalue weighted by atomic mass is 32.1. The van der Waals surface area contributed by atoms with Crippen LogP contribution in [0.2, 0.25) is 0 Å². The summed E-state index contributed by atoms with van der Waals surface area (Å²) in [6.07, 6.45) is 12.5. The molecule has 5 aromatic rings. The molecule has 0 amide bonds. The molecule has 0 bridgehead atoms. The van der Waals surface area contributed by atoms with E-state index in [-0.39, 0.29) is 35.3 Å². The Morgan fingerprint density at radius 3 is 2.67 bits per heavy atom. The number of thiophene rings is 1. The Balaban J connectivity index is 1.11. The first-order valence-corrected chi connectivity index (χ1v) is 18.1. The van der Waals surface area contributed by atoms with Crippen LogP contribution in [0.1, 0.15) is 42.7 Å². The summed E-state index contributed by atoms with van der Waals surface area (Å²) < 4.78 is 14.3. The second kappa shape index (κ2) is 13.6. The Morgan fingerprint density at radius 1 is 1.08 bits per heavy atom. The van der Waals surface area contributed by atoms with Gasteiger partial charge in [0.05, 0.1) is 37.8 Å². The minimum Gasteiger partial charge on any atom is -0.461 e. The van der Waals surface area contributed by atoms with Gasteiger partial charge < -0.3 is 24.3 Å². The fourth-order valence-electron chi connectivity index (χ4n) is 7.26. The van der Waals surface area contributed by atoms with Crippen molar-refractivity contribution >= 4 is 44.7 Å². The zero-order valence-electron chi connectivity index (χ0n) is 28.8. The number of esters is 1. The second-order valence-corrected chi connectivity index (χ2v) is 14.5. The van der Waals surface area contributed by atoms with Crippen LogP contribution in [-0.2, 0) is 40.8 Å². The van der Waals surface area contributed by atoms with Gasteiger partial charge in [-0.3, -0.25) is 19.3 Å². The molecular weight excluding hydrogens is 671 g/mol. The zero-order valence-corrected chi connectivity index (χ0v) is 29.6. The van der Waals surface area contributed by atoms with Crippen molar-refractivity contribution in [3.8, 4) is 16.9 Å². The first-order valence-electron chi connectivity index (χ1n) is 17.3. The van der Waals surface area contributed by atoms with Crippen molar-refractivity contribution < 1.29 is 14.3 Å². The van der Waals surface area contributed by atoms with Gasteiger partial charge in [0.2, 0.25) is 0 Å². The molecule has 8 rings (SSSR count). The molecule has 7 heterocycles. The molecule has 0 spiro atoms. The summed E-state index contributed by atoms with van der Waals surface area (Å²) in [6.45, 7) is 7.68. The molecule has 3 aliphatic rings. The van der Waals surface area contributed by atoms with Crippen LogP contribution < -0.4 is 21.3 Å². The summed E-state index contributed by atoms with van der Waals surface area (Å²) in [4.78, 5) is 59.1. The van der Waals surface area contributed by atoms with Gasteiger partial charge in [-0.1, -0.05) is 0 Å². The lowest BCUT2D eigenvalue weighted by Gasteiger charge is -2.46. The van der Waals surface area contributed by atoms with Gasteiger partial charge in [0, 0.05) is 73.4 Å². The first kappa shape index (κ1) is 33.2. The summed E-state index contributed by atoms with van der Waals surface area (Å²) in [6, 6.07) is 4.26. The molecule has 1 aliphatic carbocycles. The number of nitrogens with zero attached hydrogens (tertiary/aromatic N) is 8. The molecular formula is C36H39N9O5S. The summed E-state index contributed by atoms with van der Waals surface area (Å²) in [5.74, 6) is 0.979. The highest BCUT2D eigenvalue weighted by molar-refractivity contribution is 7.19. The van der Waals surface area contributed by atoms with E-state index in [2.05, 4.69) is 37.1 Å². The quantitative estimate of drug-likeness (QED) is 0.235. The Labute approximate surface area is 297 Å². The summed E-state index contributed by atoms with van der Waals surface area (Å²) >= 11 is 1.53. The molecule has 51 heavy (non-hydrogen) atoms. The Hall–Kier alpha value is -4.99. The number of hydrogen-bond acceptors (Lipinski definition) is 13. The fourth-order valence-corrected chi connectivity index (χ4v) is 8.55. The monoisotopic (exact) mass is 709 g/mol. The number of ether oxygens (including phenoxy) is 2. The highest BCUT2D eigenvalue weighted by Gasteiger charge is 2.32. The van der Waals surface area contributed by atoms with Crippen LogP contribution in [0.3, 0.4) is 0 Å². The fraction of sp³-hybridized carbons (Fsp3) is 0.417. The molecule has 15 heteroatoms. The van der Waals surface area contributed by atoms with Crippen molar-refractivity contribution in [1.29, 1.82) is 0 Å². The SMILES string of the molecule is CC(=O)OCc1c(-c2cc(Nc3cnc(N4CCN(C5COC5)CC4C)cn3)c(=O)n(C)c2)ccnc1-n1ncc2c3c(sc2c1=O)CCCC3. The normalized spacial score (nSPS) is 18.0. The molecule has 2 aliphatic heterocycles. The van der Waals surface area contributed by atoms with E-state index >= 15 is 0 Å². The number of nitrogens with one attached hydrogen (secondary N) is 1. The number of rotatable bonds is 8. The van der Waals surface area contributed by atoms with Crippen molar-refractivity contribution in [3.63, 3.8) is 0 Å². The van der Waals surface area contributed by atoms with E-state index in [4.69, 9.17) is 14.5 Å². The molecule has 264 valence electrons. The zero-order chi connectivity index (χ0) is 35.2. The van der Waals surface area contributed by atoms with Crippen molar-refractivity contribution in [2.75, 3.05) is 43.1 Å². The van der Waals surface area contributed by atoms with Crippen molar-refractivity contribution in [3.05, 3.63) is 79.8 Å². The van der Waals surface area contributed by atoms with Gasteiger partial charge in [-0.05, 0) is 55.9 Å². The number of fused-ring (bicyclic) bond motifs is 3. The molecule has 0 aromatic carbocycles. The third-order valence-electron chi connectivity index (χ3n) is 10.0. The number of aryl methyl sites for hydroxylation is 3. The topological polar surface area (TPSA) is 150 Å². The molecule has 1 N–H and O–H groups in total. The minimum absolute atomic E-state index is 0.152. The van der Waals surface area contributed by atoms with E-state index in [9.17, 15) is 14.4 Å². The molecule has 0 saturated carbocycles. The average Bonchev–Trinajstić information content (AvgIpc) is 3.49. The van der Waals surface area contributed by atoms with Crippen LogP contribution in [0, 0.1) is 0 Å². The van der Waals surface area contributed by atoms with E-state index in [1.807, 2.05) is 0 Å². The average molecular weight is 710 g/mol. The number of pyridine rings is 2. The van der Waals surface area contributed by atoms with E-state index < -0.39 is 5.97 Å². The summed E-state index contributed by atoms with van der Waals surface area (Å²) in [7, 11) is 1.66. The Kier molecular flexibility index (Phi) is 8.86. The van der Waals surface area contributed by atoms with Crippen LogP contribution in [0.4, 0.5) is 17.3 Å². The number of carbonyl (C=O) groups is 1. The third kappa shape index (κ3) is 6.29. The summed E-state index contributed by atoms with van der Waals surface area (Å²) in [5.41, 5.74) is 2.71. The van der Waals surface area contributed by atoms with Crippen LogP contribution in [0.5, 0.6) is 0 Å². The smallest absolute Gasteiger partial charge is 0.302 e. The summed E-state index contributed by atoms with van der Waals surface area (Å²) in [5, 5.41) is 8.62. The Morgan fingerprint density at radius 2 is 1.92 bits per heavy atom. The van der Waals surface area contributed by atoms with Crippen LogP contribution in [0.25, 0.3) is 27.0 Å². The van der Waals surface area contributed by atoms with Crippen molar-refractivity contribution in [2.45, 2.75) is 58.2 Å². The maximum absolute atomic E-state index is 13.9. The molecule has 14 nitrogen and oxygen atoms in total. The van der Waals surface area contributed by atoms with E-state index in [0.717, 1.165) is 69.7 Å². The van der Waals surface area contributed by atoms with Gasteiger partial charge in [0.15, 0.2) is 5.82 Å². The van der Waals surface area contributed by atoms with Crippen molar-refractivity contribution in [2.24, 2.45) is 7.05 Å². The van der Waals surface area contributed by atoms with Crippen LogP contribution in [-0.4, -0.2) is 85.1 Å².